The third-order valence-electron chi connectivity index (χ3n) is 3.86. The Morgan fingerprint density at radius 1 is 1.54 bits per heavy atom. The Morgan fingerprint density at radius 3 is 2.88 bits per heavy atom. The fraction of sp³-hybridized carbons (Fsp3) is 0.571. The molecule has 1 unspecified atom stereocenters. The van der Waals surface area contributed by atoms with Crippen LogP contribution in [0.15, 0.2) is 4.79 Å². The lowest BCUT2D eigenvalue weighted by Gasteiger charge is -2.19. The van der Waals surface area contributed by atoms with Crippen molar-refractivity contribution in [2.45, 2.75) is 51.7 Å². The standard InChI is InChI=1S/C14H18N4O5S/c1-5-10-11(17-13(15)16-5)18(14(21)24-10)12-9(22-7(3)20)4-8(23-12)6(2)19/h6,8-9,12,19H,4H2,1-3H3,(H2,15,16,17)/t6?,8-,9+,12+/m0/s1. The maximum absolute atomic E-state index is 12.5. The fourth-order valence-corrected chi connectivity index (χ4v) is 3.72. The highest BCUT2D eigenvalue weighted by Crippen LogP contribution is 2.35. The molecule has 9 nitrogen and oxygen atoms in total. The number of rotatable bonds is 3. The molecule has 24 heavy (non-hydrogen) atoms. The van der Waals surface area contributed by atoms with Gasteiger partial charge in [-0.05, 0) is 13.8 Å². The van der Waals surface area contributed by atoms with Gasteiger partial charge in [-0.25, -0.2) is 4.98 Å². The van der Waals surface area contributed by atoms with Crippen LogP contribution in [0.5, 0.6) is 0 Å². The number of fused-ring (bicyclic) bond motifs is 1. The van der Waals surface area contributed by atoms with Crippen LogP contribution in [0.1, 0.15) is 32.2 Å². The van der Waals surface area contributed by atoms with Crippen LogP contribution in [0.3, 0.4) is 0 Å². The summed E-state index contributed by atoms with van der Waals surface area (Å²) in [6.45, 7) is 4.60. The monoisotopic (exact) mass is 354 g/mol. The Labute approximate surface area is 141 Å². The highest BCUT2D eigenvalue weighted by Gasteiger charge is 2.42. The zero-order valence-corrected chi connectivity index (χ0v) is 14.2. The molecular weight excluding hydrogens is 336 g/mol. The third-order valence-corrected chi connectivity index (χ3v) is 4.91. The molecule has 2 aromatic heterocycles. The molecule has 0 aromatic carbocycles. The topological polar surface area (TPSA) is 130 Å². The average Bonchev–Trinajstić information content (AvgIpc) is 2.99. The molecule has 1 saturated heterocycles. The summed E-state index contributed by atoms with van der Waals surface area (Å²) in [5.41, 5.74) is 6.62. The first kappa shape index (κ1) is 16.8. The molecule has 0 amide bonds. The summed E-state index contributed by atoms with van der Waals surface area (Å²) in [6.07, 6.45) is -2.61. The molecule has 4 atom stereocenters. The minimum Gasteiger partial charge on any atom is -0.458 e. The maximum Gasteiger partial charge on any atom is 0.311 e. The van der Waals surface area contributed by atoms with E-state index in [4.69, 9.17) is 15.2 Å². The number of hydrogen-bond donors (Lipinski definition) is 2. The van der Waals surface area contributed by atoms with Crippen LogP contribution in [0, 0.1) is 6.92 Å². The number of thiazole rings is 1. The van der Waals surface area contributed by atoms with Gasteiger partial charge in [0, 0.05) is 13.3 Å². The first-order valence-corrected chi connectivity index (χ1v) is 8.25. The van der Waals surface area contributed by atoms with Crippen LogP contribution in [0.4, 0.5) is 5.95 Å². The van der Waals surface area contributed by atoms with Crippen molar-refractivity contribution in [3.63, 3.8) is 0 Å². The highest BCUT2D eigenvalue weighted by molar-refractivity contribution is 7.16. The summed E-state index contributed by atoms with van der Waals surface area (Å²) >= 11 is 0.975. The summed E-state index contributed by atoms with van der Waals surface area (Å²) < 4.78 is 13.0. The van der Waals surface area contributed by atoms with Gasteiger partial charge in [-0.3, -0.25) is 14.2 Å². The normalized spacial score (nSPS) is 25.1. The van der Waals surface area contributed by atoms with E-state index in [1.165, 1.54) is 11.5 Å². The molecule has 10 heteroatoms. The van der Waals surface area contributed by atoms with E-state index in [9.17, 15) is 14.7 Å². The molecular formula is C14H18N4O5S. The molecule has 1 aliphatic heterocycles. The lowest BCUT2D eigenvalue weighted by atomic mass is 10.1. The zero-order chi connectivity index (χ0) is 17.6. The largest absolute Gasteiger partial charge is 0.458 e. The molecule has 0 radical (unpaired) electrons. The van der Waals surface area contributed by atoms with Crippen molar-refractivity contribution in [1.29, 1.82) is 0 Å². The van der Waals surface area contributed by atoms with Gasteiger partial charge >= 0.3 is 10.8 Å². The second-order valence-corrected chi connectivity index (χ2v) is 6.71. The number of ether oxygens (including phenoxy) is 2. The second kappa shape index (κ2) is 6.11. The van der Waals surface area contributed by atoms with Gasteiger partial charge in [-0.15, -0.1) is 0 Å². The Balaban J connectivity index is 2.11. The van der Waals surface area contributed by atoms with Crippen molar-refractivity contribution in [3.05, 3.63) is 15.4 Å². The van der Waals surface area contributed by atoms with Crippen LogP contribution >= 0.6 is 11.3 Å². The van der Waals surface area contributed by atoms with Crippen molar-refractivity contribution >= 4 is 33.6 Å². The quantitative estimate of drug-likeness (QED) is 0.755. The first-order chi connectivity index (χ1) is 11.3. The lowest BCUT2D eigenvalue weighted by molar-refractivity contribution is -0.152. The second-order valence-electron chi connectivity index (χ2n) is 5.75. The summed E-state index contributed by atoms with van der Waals surface area (Å²) in [7, 11) is 0. The number of nitrogens with zero attached hydrogens (tertiary/aromatic N) is 3. The predicted octanol–water partition coefficient (Wildman–Crippen LogP) is 0.344. The minimum atomic E-state index is -0.872. The van der Waals surface area contributed by atoms with Gasteiger partial charge in [-0.1, -0.05) is 11.3 Å². The van der Waals surface area contributed by atoms with Crippen molar-refractivity contribution in [2.75, 3.05) is 5.73 Å². The molecule has 1 aliphatic rings. The van der Waals surface area contributed by atoms with Gasteiger partial charge in [0.15, 0.2) is 11.9 Å². The number of esters is 1. The van der Waals surface area contributed by atoms with Crippen molar-refractivity contribution < 1.29 is 19.4 Å². The summed E-state index contributed by atoms with van der Waals surface area (Å²) in [4.78, 5) is 31.7. The van der Waals surface area contributed by atoms with E-state index < -0.39 is 30.5 Å². The predicted molar refractivity (Wildman–Crippen MR) is 86.6 cm³/mol. The first-order valence-electron chi connectivity index (χ1n) is 7.43. The van der Waals surface area contributed by atoms with E-state index in [-0.39, 0.29) is 17.2 Å². The van der Waals surface area contributed by atoms with Gasteiger partial charge < -0.3 is 20.3 Å². The molecule has 3 N–H and O–H groups in total. The molecule has 1 fully saturated rings. The van der Waals surface area contributed by atoms with Gasteiger partial charge in [0.05, 0.1) is 22.6 Å². The van der Waals surface area contributed by atoms with Gasteiger partial charge in [-0.2, -0.15) is 4.98 Å². The molecule has 0 saturated carbocycles. The Bertz CT molecular complexity index is 846. The van der Waals surface area contributed by atoms with Crippen LogP contribution < -0.4 is 10.6 Å². The number of aliphatic hydroxyl groups excluding tert-OH is 1. The van der Waals surface area contributed by atoms with E-state index >= 15 is 0 Å². The Morgan fingerprint density at radius 2 is 2.25 bits per heavy atom. The zero-order valence-electron chi connectivity index (χ0n) is 13.4. The van der Waals surface area contributed by atoms with Crippen LogP contribution in [-0.2, 0) is 14.3 Å². The maximum atomic E-state index is 12.5. The Hall–Kier alpha value is -2.04. The average molecular weight is 354 g/mol. The smallest absolute Gasteiger partial charge is 0.311 e. The number of aromatic nitrogens is 3. The lowest BCUT2D eigenvalue weighted by Crippen LogP contribution is -2.30. The molecule has 130 valence electrons. The number of aryl methyl sites for hydroxylation is 1. The number of nitrogen functional groups attached to an aromatic ring is 1. The van der Waals surface area contributed by atoms with E-state index in [2.05, 4.69) is 9.97 Å². The minimum absolute atomic E-state index is 0.0423. The van der Waals surface area contributed by atoms with E-state index in [0.29, 0.717) is 16.0 Å². The van der Waals surface area contributed by atoms with Crippen molar-refractivity contribution in [2.24, 2.45) is 0 Å². The van der Waals surface area contributed by atoms with Crippen LogP contribution in [-0.4, -0.2) is 43.9 Å². The number of carbonyl (C=O) groups is 1. The van der Waals surface area contributed by atoms with E-state index in [0.717, 1.165) is 11.3 Å². The molecule has 3 heterocycles. The van der Waals surface area contributed by atoms with Gasteiger partial charge in [0.25, 0.3) is 0 Å². The Kier molecular flexibility index (Phi) is 4.28. The van der Waals surface area contributed by atoms with Gasteiger partial charge in [0.1, 0.15) is 6.10 Å². The van der Waals surface area contributed by atoms with E-state index in [1.54, 1.807) is 13.8 Å². The molecule has 2 aromatic rings. The molecule has 0 spiro atoms. The number of carbonyl (C=O) groups excluding carboxylic acids is 1. The summed E-state index contributed by atoms with van der Waals surface area (Å²) in [6, 6.07) is 0. The summed E-state index contributed by atoms with van der Waals surface area (Å²) in [5, 5.41) is 9.79. The molecule has 3 rings (SSSR count). The van der Waals surface area contributed by atoms with Crippen molar-refractivity contribution in [1.82, 2.24) is 14.5 Å². The molecule has 0 aliphatic carbocycles. The number of aliphatic hydroxyl groups is 1. The van der Waals surface area contributed by atoms with Crippen LogP contribution in [0.25, 0.3) is 10.3 Å². The number of anilines is 1. The SMILES string of the molecule is CC(=O)O[C@@H]1C[C@@H](C(C)O)O[C@H]1n1c(=O)sc2c(C)nc(N)nc21. The number of hydrogen-bond acceptors (Lipinski definition) is 9. The third kappa shape index (κ3) is 2.87. The number of nitrogens with two attached hydrogens (primary N) is 1. The highest BCUT2D eigenvalue weighted by atomic mass is 32.1. The summed E-state index contributed by atoms with van der Waals surface area (Å²) in [5.74, 6) is -0.446. The van der Waals surface area contributed by atoms with E-state index in [1.807, 2.05) is 0 Å². The molecule has 0 bridgehead atoms. The van der Waals surface area contributed by atoms with Crippen LogP contribution in [0.2, 0.25) is 0 Å². The van der Waals surface area contributed by atoms with Gasteiger partial charge in [0.2, 0.25) is 5.95 Å². The van der Waals surface area contributed by atoms with Crippen molar-refractivity contribution in [3.8, 4) is 0 Å². The fourth-order valence-electron chi connectivity index (χ4n) is 2.82.